The molecule has 3 heterocycles. The lowest BCUT2D eigenvalue weighted by molar-refractivity contribution is -0.121. The predicted molar refractivity (Wildman–Crippen MR) is 112 cm³/mol. The molecule has 0 aliphatic carbocycles. The number of rotatable bonds is 4. The van der Waals surface area contributed by atoms with Crippen LogP contribution in [0.2, 0.25) is 0 Å². The highest BCUT2D eigenvalue weighted by Crippen LogP contribution is 2.37. The van der Waals surface area contributed by atoms with Gasteiger partial charge in [-0.25, -0.2) is 0 Å². The molecular formula is C21H18N4O5S. The van der Waals surface area contributed by atoms with Crippen molar-refractivity contribution in [2.75, 3.05) is 23.4 Å². The minimum absolute atomic E-state index is 0.0392. The molecule has 158 valence electrons. The van der Waals surface area contributed by atoms with Crippen LogP contribution < -0.4 is 19.7 Å². The molecule has 1 aromatic heterocycles. The van der Waals surface area contributed by atoms with Gasteiger partial charge in [0.05, 0.1) is 16.6 Å². The van der Waals surface area contributed by atoms with Gasteiger partial charge >= 0.3 is 0 Å². The van der Waals surface area contributed by atoms with E-state index in [1.807, 2.05) is 24.3 Å². The number of aromatic nitrogens is 2. The second-order valence-electron chi connectivity index (χ2n) is 7.02. The SMILES string of the molecule is C[C@@H](Sc1nnc([C@@H]2COc3ccccc3O2)o1)C(=O)N1CC(=O)Nc2ccccc21. The lowest BCUT2D eigenvalue weighted by Crippen LogP contribution is -2.45. The van der Waals surface area contributed by atoms with E-state index in [-0.39, 0.29) is 36.1 Å². The Labute approximate surface area is 181 Å². The Morgan fingerprint density at radius 1 is 1.16 bits per heavy atom. The number of para-hydroxylation sites is 4. The van der Waals surface area contributed by atoms with Gasteiger partial charge in [-0.05, 0) is 31.2 Å². The summed E-state index contributed by atoms with van der Waals surface area (Å²) in [5.74, 6) is 1.09. The first kappa shape index (κ1) is 19.4. The number of nitrogens with one attached hydrogen (secondary N) is 1. The molecule has 0 fully saturated rings. The number of carbonyl (C=O) groups excluding carboxylic acids is 2. The first-order valence-electron chi connectivity index (χ1n) is 9.67. The Bertz CT molecular complexity index is 1150. The van der Waals surface area contributed by atoms with Gasteiger partial charge < -0.3 is 19.2 Å². The maximum atomic E-state index is 13.0. The summed E-state index contributed by atoms with van der Waals surface area (Å²) in [5.41, 5.74) is 1.27. The van der Waals surface area contributed by atoms with E-state index in [0.717, 1.165) is 11.8 Å². The first-order valence-corrected chi connectivity index (χ1v) is 10.6. The van der Waals surface area contributed by atoms with E-state index in [4.69, 9.17) is 13.9 Å². The molecule has 0 saturated carbocycles. The zero-order chi connectivity index (χ0) is 21.4. The molecule has 5 rings (SSSR count). The molecule has 3 aromatic rings. The van der Waals surface area contributed by atoms with Gasteiger partial charge in [-0.1, -0.05) is 36.0 Å². The maximum Gasteiger partial charge on any atom is 0.277 e. The summed E-state index contributed by atoms with van der Waals surface area (Å²) in [6.07, 6.45) is -0.527. The summed E-state index contributed by atoms with van der Waals surface area (Å²) in [6.45, 7) is 1.95. The van der Waals surface area contributed by atoms with Crippen molar-refractivity contribution in [1.29, 1.82) is 0 Å². The van der Waals surface area contributed by atoms with Crippen LogP contribution in [0.15, 0.2) is 58.2 Å². The van der Waals surface area contributed by atoms with Crippen LogP contribution in [0.4, 0.5) is 11.4 Å². The van der Waals surface area contributed by atoms with Gasteiger partial charge in [0.15, 0.2) is 11.5 Å². The quantitative estimate of drug-likeness (QED) is 0.620. The van der Waals surface area contributed by atoms with Crippen LogP contribution in [-0.2, 0) is 9.59 Å². The number of nitrogens with zero attached hydrogens (tertiary/aromatic N) is 3. The Kier molecular flexibility index (Phi) is 4.99. The van der Waals surface area contributed by atoms with E-state index >= 15 is 0 Å². The minimum atomic E-state index is -0.545. The smallest absolute Gasteiger partial charge is 0.277 e. The second-order valence-corrected chi connectivity index (χ2v) is 8.31. The van der Waals surface area contributed by atoms with Gasteiger partial charge in [-0.2, -0.15) is 0 Å². The maximum absolute atomic E-state index is 13.0. The van der Waals surface area contributed by atoms with Crippen LogP contribution in [0, 0.1) is 0 Å². The Balaban J connectivity index is 1.28. The highest BCUT2D eigenvalue weighted by molar-refractivity contribution is 8.00. The van der Waals surface area contributed by atoms with E-state index in [9.17, 15) is 9.59 Å². The fourth-order valence-corrected chi connectivity index (χ4v) is 4.14. The third kappa shape index (κ3) is 3.81. The van der Waals surface area contributed by atoms with Gasteiger partial charge in [0.25, 0.3) is 11.1 Å². The van der Waals surface area contributed by atoms with Crippen LogP contribution in [-0.4, -0.2) is 40.4 Å². The molecule has 2 aliphatic rings. The van der Waals surface area contributed by atoms with Crippen LogP contribution in [0.5, 0.6) is 11.5 Å². The van der Waals surface area contributed by atoms with E-state index in [1.54, 1.807) is 31.2 Å². The van der Waals surface area contributed by atoms with Crippen LogP contribution in [0.3, 0.4) is 0 Å². The average Bonchev–Trinajstić information content (AvgIpc) is 3.26. The van der Waals surface area contributed by atoms with Crippen LogP contribution in [0.25, 0.3) is 0 Å². The molecule has 0 radical (unpaired) electrons. The molecule has 9 nitrogen and oxygen atoms in total. The number of carbonyl (C=O) groups is 2. The number of thioether (sulfide) groups is 1. The molecule has 0 unspecified atom stereocenters. The fourth-order valence-electron chi connectivity index (χ4n) is 3.39. The molecule has 1 N–H and O–H groups in total. The van der Waals surface area contributed by atoms with Crippen molar-refractivity contribution in [3.63, 3.8) is 0 Å². The summed E-state index contributed by atoms with van der Waals surface area (Å²) in [4.78, 5) is 26.5. The monoisotopic (exact) mass is 438 g/mol. The Morgan fingerprint density at radius 3 is 2.81 bits per heavy atom. The van der Waals surface area contributed by atoms with Crippen molar-refractivity contribution in [2.24, 2.45) is 0 Å². The van der Waals surface area contributed by atoms with Gasteiger partial charge in [-0.3, -0.25) is 14.5 Å². The van der Waals surface area contributed by atoms with E-state index in [0.29, 0.717) is 22.9 Å². The van der Waals surface area contributed by atoms with Crippen molar-refractivity contribution >= 4 is 35.0 Å². The number of hydrogen-bond acceptors (Lipinski definition) is 8. The van der Waals surface area contributed by atoms with Crippen molar-refractivity contribution in [3.8, 4) is 11.5 Å². The number of benzene rings is 2. The van der Waals surface area contributed by atoms with Crippen molar-refractivity contribution in [3.05, 3.63) is 54.4 Å². The average molecular weight is 438 g/mol. The molecule has 2 aromatic carbocycles. The van der Waals surface area contributed by atoms with Crippen molar-refractivity contribution in [2.45, 2.75) is 23.5 Å². The summed E-state index contributed by atoms with van der Waals surface area (Å²) >= 11 is 1.13. The van der Waals surface area contributed by atoms with E-state index in [1.165, 1.54) is 4.90 Å². The largest absolute Gasteiger partial charge is 0.485 e. The van der Waals surface area contributed by atoms with E-state index in [2.05, 4.69) is 15.5 Å². The summed E-state index contributed by atoms with van der Waals surface area (Å²) in [7, 11) is 0. The second kappa shape index (κ2) is 7.95. The fraction of sp³-hybridized carbons (Fsp3) is 0.238. The summed E-state index contributed by atoms with van der Waals surface area (Å²) in [5, 5.41) is 10.6. The lowest BCUT2D eigenvalue weighted by Gasteiger charge is -2.30. The van der Waals surface area contributed by atoms with Gasteiger partial charge in [-0.15, -0.1) is 10.2 Å². The number of ether oxygens (including phenoxy) is 2. The number of amides is 2. The predicted octanol–water partition coefficient (Wildman–Crippen LogP) is 3.05. The zero-order valence-electron chi connectivity index (χ0n) is 16.5. The minimum Gasteiger partial charge on any atom is -0.485 e. The Morgan fingerprint density at radius 2 is 1.94 bits per heavy atom. The molecule has 2 aliphatic heterocycles. The normalized spacial score (nSPS) is 18.2. The summed E-state index contributed by atoms with van der Waals surface area (Å²) < 4.78 is 17.3. The highest BCUT2D eigenvalue weighted by atomic mass is 32.2. The topological polar surface area (TPSA) is 107 Å². The highest BCUT2D eigenvalue weighted by Gasteiger charge is 2.32. The molecule has 2 atom stereocenters. The van der Waals surface area contributed by atoms with Crippen LogP contribution >= 0.6 is 11.8 Å². The van der Waals surface area contributed by atoms with Gasteiger partial charge in [0, 0.05) is 0 Å². The zero-order valence-corrected chi connectivity index (χ0v) is 17.3. The van der Waals surface area contributed by atoms with Gasteiger partial charge in [0.2, 0.25) is 17.9 Å². The molecule has 2 amide bonds. The van der Waals surface area contributed by atoms with Crippen LogP contribution in [0.1, 0.15) is 18.9 Å². The number of anilines is 2. The molecule has 0 spiro atoms. The third-order valence-corrected chi connectivity index (χ3v) is 5.79. The van der Waals surface area contributed by atoms with Crippen molar-refractivity contribution < 1.29 is 23.5 Å². The molecule has 10 heteroatoms. The standard InChI is InChI=1S/C21H18N4O5S/c1-12(20(27)25-10-18(26)22-13-6-2-3-7-14(13)25)31-21-24-23-19(30-21)17-11-28-15-8-4-5-9-16(15)29-17/h2-9,12,17H,10-11H2,1H3,(H,22,26)/t12-,17+/m1/s1. The van der Waals surface area contributed by atoms with E-state index < -0.39 is 11.4 Å². The first-order chi connectivity index (χ1) is 15.1. The Hall–Kier alpha value is -3.53. The molecule has 31 heavy (non-hydrogen) atoms. The number of hydrogen-bond donors (Lipinski definition) is 1. The lowest BCUT2D eigenvalue weighted by atomic mass is 10.2. The third-order valence-electron chi connectivity index (χ3n) is 4.87. The molecule has 0 bridgehead atoms. The molecule has 0 saturated heterocycles. The molecular weight excluding hydrogens is 420 g/mol. The summed E-state index contributed by atoms with van der Waals surface area (Å²) in [6, 6.07) is 14.5. The van der Waals surface area contributed by atoms with Gasteiger partial charge in [0.1, 0.15) is 13.2 Å². The number of fused-ring (bicyclic) bond motifs is 2. The van der Waals surface area contributed by atoms with Crippen molar-refractivity contribution in [1.82, 2.24) is 10.2 Å².